The first-order chi connectivity index (χ1) is 9.67. The monoisotopic (exact) mass is 275 g/mol. The predicted octanol–water partition coefficient (Wildman–Crippen LogP) is 0.617. The van der Waals surface area contributed by atoms with Gasteiger partial charge in [-0.25, -0.2) is 0 Å². The van der Waals surface area contributed by atoms with E-state index in [2.05, 4.69) is 28.9 Å². The van der Waals surface area contributed by atoms with E-state index in [0.29, 0.717) is 6.42 Å². The van der Waals surface area contributed by atoms with Crippen LogP contribution in [0.15, 0.2) is 18.2 Å². The largest absolute Gasteiger partial charge is 0.480 e. The number of carbonyl (C=O) groups excluding carboxylic acids is 1. The number of ether oxygens (including phenoxy) is 1. The number of amides is 1. The van der Waals surface area contributed by atoms with Crippen LogP contribution in [0.4, 0.5) is 5.69 Å². The molecule has 0 spiro atoms. The van der Waals surface area contributed by atoms with Crippen molar-refractivity contribution in [1.29, 1.82) is 0 Å². The van der Waals surface area contributed by atoms with E-state index in [4.69, 9.17) is 10.5 Å². The second-order valence-electron chi connectivity index (χ2n) is 5.43. The van der Waals surface area contributed by atoms with Crippen LogP contribution in [0.25, 0.3) is 0 Å². The Morgan fingerprint density at radius 3 is 2.75 bits per heavy atom. The molecule has 2 aliphatic heterocycles. The van der Waals surface area contributed by atoms with E-state index in [-0.39, 0.29) is 5.91 Å². The van der Waals surface area contributed by atoms with Crippen LogP contribution in [0.5, 0.6) is 5.75 Å². The van der Waals surface area contributed by atoms with E-state index < -0.39 is 6.10 Å². The van der Waals surface area contributed by atoms with Gasteiger partial charge in [-0.3, -0.25) is 4.79 Å². The molecule has 0 saturated carbocycles. The minimum Gasteiger partial charge on any atom is -0.480 e. The Morgan fingerprint density at radius 2 is 2.10 bits per heavy atom. The summed E-state index contributed by atoms with van der Waals surface area (Å²) in [4.78, 5) is 16.1. The molecule has 0 aliphatic carbocycles. The van der Waals surface area contributed by atoms with Crippen LogP contribution in [0.3, 0.4) is 0 Å². The van der Waals surface area contributed by atoms with Crippen molar-refractivity contribution in [3.05, 3.63) is 23.8 Å². The molecule has 1 aromatic rings. The number of piperazine rings is 1. The van der Waals surface area contributed by atoms with Crippen molar-refractivity contribution >= 4 is 11.6 Å². The van der Waals surface area contributed by atoms with Crippen LogP contribution in [0.2, 0.25) is 0 Å². The summed E-state index contributed by atoms with van der Waals surface area (Å²) in [5.74, 6) is 0.407. The van der Waals surface area contributed by atoms with Crippen molar-refractivity contribution < 1.29 is 9.53 Å². The second kappa shape index (κ2) is 5.32. The lowest BCUT2D eigenvalue weighted by Gasteiger charge is -2.35. The van der Waals surface area contributed by atoms with Gasteiger partial charge in [-0.05, 0) is 24.7 Å². The first-order valence-electron chi connectivity index (χ1n) is 7.23. The summed E-state index contributed by atoms with van der Waals surface area (Å²) in [6.45, 7) is 7.62. The number of hydrogen-bond donors (Lipinski definition) is 1. The summed E-state index contributed by atoms with van der Waals surface area (Å²) in [5.41, 5.74) is 7.61. The molecule has 2 N–H and O–H groups in total. The molecule has 0 aromatic heterocycles. The second-order valence-corrected chi connectivity index (χ2v) is 5.43. The molecule has 1 amide bonds. The van der Waals surface area contributed by atoms with Gasteiger partial charge in [0.15, 0.2) is 6.10 Å². The fourth-order valence-corrected chi connectivity index (χ4v) is 2.91. The zero-order chi connectivity index (χ0) is 14.1. The van der Waals surface area contributed by atoms with Crippen LogP contribution in [-0.4, -0.2) is 49.6 Å². The molecule has 20 heavy (non-hydrogen) atoms. The first kappa shape index (κ1) is 13.2. The SMILES string of the molecule is CCN1CCN(c2ccc3c(c2)CC(C(N)=O)O3)CC1. The van der Waals surface area contributed by atoms with Gasteiger partial charge in [-0.2, -0.15) is 0 Å². The minimum atomic E-state index is -0.503. The number of carbonyl (C=O) groups is 1. The molecule has 1 aromatic carbocycles. The van der Waals surface area contributed by atoms with Gasteiger partial charge in [-0.1, -0.05) is 6.92 Å². The smallest absolute Gasteiger partial charge is 0.258 e. The maximum Gasteiger partial charge on any atom is 0.258 e. The van der Waals surface area contributed by atoms with Gasteiger partial charge in [0.05, 0.1) is 0 Å². The Hall–Kier alpha value is -1.75. The van der Waals surface area contributed by atoms with Gasteiger partial charge >= 0.3 is 0 Å². The Kier molecular flexibility index (Phi) is 3.53. The zero-order valence-corrected chi connectivity index (χ0v) is 11.8. The molecule has 0 bridgehead atoms. The molecule has 1 fully saturated rings. The van der Waals surface area contributed by atoms with Gasteiger partial charge in [-0.15, -0.1) is 0 Å². The number of anilines is 1. The molecule has 3 rings (SSSR count). The summed E-state index contributed by atoms with van der Waals surface area (Å²) >= 11 is 0. The normalized spacial score (nSPS) is 22.4. The Balaban J connectivity index is 1.72. The number of hydrogen-bond acceptors (Lipinski definition) is 4. The Bertz CT molecular complexity index is 510. The van der Waals surface area contributed by atoms with E-state index in [9.17, 15) is 4.79 Å². The number of nitrogens with two attached hydrogens (primary N) is 1. The molecule has 2 aliphatic rings. The van der Waals surface area contributed by atoms with Crippen molar-refractivity contribution in [3.8, 4) is 5.75 Å². The summed E-state index contributed by atoms with van der Waals surface area (Å²) < 4.78 is 5.54. The molecule has 5 heteroatoms. The molecule has 1 atom stereocenters. The van der Waals surface area contributed by atoms with Gasteiger partial charge in [0.2, 0.25) is 0 Å². The summed E-state index contributed by atoms with van der Waals surface area (Å²) in [6.07, 6.45) is 0.0881. The molecular formula is C15H21N3O2. The zero-order valence-electron chi connectivity index (χ0n) is 11.8. The van der Waals surface area contributed by atoms with Gasteiger partial charge in [0.25, 0.3) is 5.91 Å². The Morgan fingerprint density at radius 1 is 1.35 bits per heavy atom. The quantitative estimate of drug-likeness (QED) is 0.878. The number of nitrogens with zero attached hydrogens (tertiary/aromatic N) is 2. The maximum absolute atomic E-state index is 11.2. The summed E-state index contributed by atoms with van der Waals surface area (Å²) in [5, 5.41) is 0. The number of benzene rings is 1. The van der Waals surface area contributed by atoms with Gasteiger partial charge in [0, 0.05) is 43.9 Å². The Labute approximate surface area is 119 Å². The number of likely N-dealkylation sites (N-methyl/N-ethyl adjacent to an activating group) is 1. The summed E-state index contributed by atoms with van der Waals surface area (Å²) in [7, 11) is 0. The fraction of sp³-hybridized carbons (Fsp3) is 0.533. The molecule has 0 radical (unpaired) electrons. The maximum atomic E-state index is 11.2. The third kappa shape index (κ3) is 2.45. The van der Waals surface area contributed by atoms with Gasteiger partial charge < -0.3 is 20.3 Å². The van der Waals surface area contributed by atoms with E-state index in [1.807, 2.05) is 6.07 Å². The molecule has 5 nitrogen and oxygen atoms in total. The predicted molar refractivity (Wildman–Crippen MR) is 78.1 cm³/mol. The minimum absolute atomic E-state index is 0.390. The highest BCUT2D eigenvalue weighted by molar-refractivity contribution is 5.81. The number of rotatable bonds is 3. The van der Waals surface area contributed by atoms with Crippen molar-refractivity contribution in [2.75, 3.05) is 37.6 Å². The van der Waals surface area contributed by atoms with Crippen molar-refractivity contribution in [2.45, 2.75) is 19.4 Å². The highest BCUT2D eigenvalue weighted by Gasteiger charge is 2.28. The van der Waals surface area contributed by atoms with E-state index in [0.717, 1.165) is 44.0 Å². The third-order valence-corrected chi connectivity index (χ3v) is 4.22. The standard InChI is InChI=1S/C15H21N3O2/c1-2-17-5-7-18(8-6-17)12-3-4-13-11(9-12)10-14(20-13)15(16)19/h3-4,9,14H,2,5-8,10H2,1H3,(H2,16,19). The number of primary amides is 1. The van der Waals surface area contributed by atoms with Crippen molar-refractivity contribution in [2.24, 2.45) is 5.73 Å². The van der Waals surface area contributed by atoms with E-state index in [1.54, 1.807) is 0 Å². The molecule has 1 saturated heterocycles. The number of fused-ring (bicyclic) bond motifs is 1. The average Bonchev–Trinajstić information content (AvgIpc) is 2.90. The lowest BCUT2D eigenvalue weighted by atomic mass is 10.1. The first-order valence-corrected chi connectivity index (χ1v) is 7.23. The third-order valence-electron chi connectivity index (χ3n) is 4.22. The summed E-state index contributed by atoms with van der Waals surface area (Å²) in [6, 6.07) is 6.17. The highest BCUT2D eigenvalue weighted by atomic mass is 16.5. The lowest BCUT2D eigenvalue weighted by molar-refractivity contribution is -0.123. The average molecular weight is 275 g/mol. The molecule has 108 valence electrons. The van der Waals surface area contributed by atoms with Crippen LogP contribution in [0, 0.1) is 0 Å². The van der Waals surface area contributed by atoms with Gasteiger partial charge in [0.1, 0.15) is 5.75 Å². The van der Waals surface area contributed by atoms with Crippen LogP contribution in [-0.2, 0) is 11.2 Å². The molecule has 1 unspecified atom stereocenters. The van der Waals surface area contributed by atoms with Crippen molar-refractivity contribution in [1.82, 2.24) is 4.90 Å². The van der Waals surface area contributed by atoms with Crippen LogP contribution in [0.1, 0.15) is 12.5 Å². The molecular weight excluding hydrogens is 254 g/mol. The van der Waals surface area contributed by atoms with E-state index in [1.165, 1.54) is 5.69 Å². The highest BCUT2D eigenvalue weighted by Crippen LogP contribution is 2.32. The molecule has 2 heterocycles. The van der Waals surface area contributed by atoms with Crippen LogP contribution < -0.4 is 15.4 Å². The van der Waals surface area contributed by atoms with E-state index >= 15 is 0 Å². The lowest BCUT2D eigenvalue weighted by Crippen LogP contribution is -2.46. The van der Waals surface area contributed by atoms with Crippen LogP contribution >= 0.6 is 0 Å². The fourth-order valence-electron chi connectivity index (χ4n) is 2.91. The topological polar surface area (TPSA) is 58.8 Å². The van der Waals surface area contributed by atoms with Crippen molar-refractivity contribution in [3.63, 3.8) is 0 Å².